The van der Waals surface area contributed by atoms with E-state index in [-0.39, 0.29) is 17.7 Å². The molecular weight excluding hydrogens is 392 g/mol. The van der Waals surface area contributed by atoms with Crippen LogP contribution in [0.15, 0.2) is 71.5 Å². The van der Waals surface area contributed by atoms with Crippen LogP contribution in [0, 0.1) is 5.92 Å². The van der Waals surface area contributed by atoms with Crippen LogP contribution < -0.4 is 5.32 Å². The van der Waals surface area contributed by atoms with Crippen LogP contribution >= 0.6 is 11.8 Å². The highest BCUT2D eigenvalue weighted by molar-refractivity contribution is 7.98. The average molecular weight is 417 g/mol. The lowest BCUT2D eigenvalue weighted by atomic mass is 9.80. The molecule has 0 fully saturated rings. The van der Waals surface area contributed by atoms with Crippen LogP contribution in [0.5, 0.6) is 0 Å². The summed E-state index contributed by atoms with van der Waals surface area (Å²) in [6.07, 6.45) is 4.51. The fourth-order valence-corrected chi connectivity index (χ4v) is 5.01. The number of aromatic nitrogens is 3. The van der Waals surface area contributed by atoms with E-state index in [9.17, 15) is 4.79 Å². The van der Waals surface area contributed by atoms with E-state index in [0.717, 1.165) is 35.0 Å². The first-order valence-corrected chi connectivity index (χ1v) is 11.4. The Hall–Kier alpha value is -2.86. The van der Waals surface area contributed by atoms with Crippen molar-refractivity contribution in [3.63, 3.8) is 0 Å². The minimum Gasteiger partial charge on any atom is -0.328 e. The summed E-state index contributed by atoms with van der Waals surface area (Å²) in [5.74, 6) is 1.56. The molecule has 2 aliphatic rings. The molecule has 5 nitrogen and oxygen atoms in total. The van der Waals surface area contributed by atoms with Crippen molar-refractivity contribution in [1.29, 1.82) is 0 Å². The van der Waals surface area contributed by atoms with Gasteiger partial charge in [-0.3, -0.25) is 4.79 Å². The maximum absolute atomic E-state index is 12.9. The molecule has 2 atom stereocenters. The number of aryl methyl sites for hydroxylation is 1. The summed E-state index contributed by atoms with van der Waals surface area (Å²) < 4.78 is 1.92. The van der Waals surface area contributed by atoms with E-state index in [2.05, 4.69) is 54.7 Å². The number of carbonyl (C=O) groups excluding carboxylic acids is 1. The number of hydrogen-bond acceptors (Lipinski definition) is 5. The Morgan fingerprint density at radius 3 is 2.67 bits per heavy atom. The summed E-state index contributed by atoms with van der Waals surface area (Å²) in [5, 5.41) is 8.93. The molecule has 3 aromatic rings. The zero-order valence-corrected chi connectivity index (χ0v) is 17.7. The Bertz CT molecular complexity index is 1090. The number of rotatable bonds is 5. The van der Waals surface area contributed by atoms with E-state index < -0.39 is 0 Å². The molecule has 2 heterocycles. The minimum absolute atomic E-state index is 0.162. The SMILES string of the molecule is CCc1ccc([C@@H]2[C@H]3C(=O)CCC=C3Nc3nc(SCc4ccccc4)nn32)cc1. The first-order valence-electron chi connectivity index (χ1n) is 10.4. The molecule has 0 amide bonds. The Balaban J connectivity index is 1.51. The van der Waals surface area contributed by atoms with Crippen molar-refractivity contribution in [3.8, 4) is 0 Å². The summed E-state index contributed by atoms with van der Waals surface area (Å²) in [6, 6.07) is 18.7. The highest BCUT2D eigenvalue weighted by atomic mass is 32.2. The van der Waals surface area contributed by atoms with Crippen LogP contribution in [0.3, 0.4) is 0 Å². The van der Waals surface area contributed by atoms with Gasteiger partial charge in [0.2, 0.25) is 11.1 Å². The third-order valence-corrected chi connectivity index (χ3v) is 6.73. The topological polar surface area (TPSA) is 59.8 Å². The lowest BCUT2D eigenvalue weighted by molar-refractivity contribution is -0.123. The molecule has 6 heteroatoms. The second-order valence-corrected chi connectivity index (χ2v) is 8.69. The van der Waals surface area contributed by atoms with Crippen LogP contribution in [0.4, 0.5) is 5.95 Å². The van der Waals surface area contributed by atoms with Gasteiger partial charge in [-0.05, 0) is 29.5 Å². The number of hydrogen-bond donors (Lipinski definition) is 1. The molecule has 152 valence electrons. The van der Waals surface area contributed by atoms with Gasteiger partial charge in [-0.1, -0.05) is 79.4 Å². The first-order chi connectivity index (χ1) is 14.7. The van der Waals surface area contributed by atoms with E-state index in [0.29, 0.717) is 12.4 Å². The zero-order chi connectivity index (χ0) is 20.5. The van der Waals surface area contributed by atoms with Crippen LogP contribution in [0.1, 0.15) is 42.5 Å². The van der Waals surface area contributed by atoms with E-state index in [1.54, 1.807) is 11.8 Å². The minimum atomic E-state index is -0.229. The summed E-state index contributed by atoms with van der Waals surface area (Å²) in [5.41, 5.74) is 4.60. The van der Waals surface area contributed by atoms with Crippen molar-refractivity contribution in [2.75, 3.05) is 5.32 Å². The van der Waals surface area contributed by atoms with Crippen LogP contribution in [0.2, 0.25) is 0 Å². The van der Waals surface area contributed by atoms with Crippen molar-refractivity contribution < 1.29 is 4.79 Å². The summed E-state index contributed by atoms with van der Waals surface area (Å²) in [6.45, 7) is 2.15. The average Bonchev–Trinajstić information content (AvgIpc) is 3.20. The van der Waals surface area contributed by atoms with Gasteiger partial charge in [0, 0.05) is 17.9 Å². The van der Waals surface area contributed by atoms with Gasteiger partial charge < -0.3 is 5.32 Å². The highest BCUT2D eigenvalue weighted by Gasteiger charge is 2.41. The molecule has 0 saturated carbocycles. The molecule has 0 unspecified atom stereocenters. The van der Waals surface area contributed by atoms with Gasteiger partial charge in [0.15, 0.2) is 0 Å². The molecule has 1 aromatic heterocycles. The molecular formula is C24H24N4OS. The van der Waals surface area contributed by atoms with Gasteiger partial charge in [-0.25, -0.2) is 4.68 Å². The Labute approximate surface area is 180 Å². The zero-order valence-electron chi connectivity index (χ0n) is 16.9. The molecule has 1 aliphatic heterocycles. The number of carbonyl (C=O) groups is 1. The van der Waals surface area contributed by atoms with E-state index in [4.69, 9.17) is 10.1 Å². The van der Waals surface area contributed by atoms with E-state index in [1.165, 1.54) is 11.1 Å². The van der Waals surface area contributed by atoms with Gasteiger partial charge in [-0.15, -0.1) is 5.10 Å². The van der Waals surface area contributed by atoms with Crippen LogP contribution in [-0.2, 0) is 17.0 Å². The fraction of sp³-hybridized carbons (Fsp3) is 0.292. The maximum atomic E-state index is 12.9. The molecule has 1 aliphatic carbocycles. The largest absolute Gasteiger partial charge is 0.328 e. The Morgan fingerprint density at radius 2 is 1.90 bits per heavy atom. The van der Waals surface area contributed by atoms with Gasteiger partial charge in [0.1, 0.15) is 5.78 Å². The summed E-state index contributed by atoms with van der Waals surface area (Å²) >= 11 is 1.62. The number of thioether (sulfide) groups is 1. The van der Waals surface area contributed by atoms with Crippen molar-refractivity contribution in [1.82, 2.24) is 14.8 Å². The van der Waals surface area contributed by atoms with Crippen LogP contribution in [0.25, 0.3) is 0 Å². The van der Waals surface area contributed by atoms with Gasteiger partial charge in [-0.2, -0.15) is 4.98 Å². The maximum Gasteiger partial charge on any atom is 0.227 e. The molecule has 0 spiro atoms. The lowest BCUT2D eigenvalue weighted by Gasteiger charge is -2.36. The Morgan fingerprint density at radius 1 is 1.10 bits per heavy atom. The number of nitrogens with one attached hydrogen (secondary N) is 1. The lowest BCUT2D eigenvalue weighted by Crippen LogP contribution is -2.38. The van der Waals surface area contributed by atoms with Gasteiger partial charge in [0.05, 0.1) is 12.0 Å². The molecule has 2 aromatic carbocycles. The predicted octanol–water partition coefficient (Wildman–Crippen LogP) is 5.01. The summed E-state index contributed by atoms with van der Waals surface area (Å²) in [7, 11) is 0. The predicted molar refractivity (Wildman–Crippen MR) is 119 cm³/mol. The summed E-state index contributed by atoms with van der Waals surface area (Å²) in [4.78, 5) is 17.7. The number of nitrogens with zero attached hydrogens (tertiary/aromatic N) is 3. The van der Waals surface area contributed by atoms with Crippen molar-refractivity contribution in [2.24, 2.45) is 5.92 Å². The third-order valence-electron chi connectivity index (χ3n) is 5.82. The quantitative estimate of drug-likeness (QED) is 0.593. The highest BCUT2D eigenvalue weighted by Crippen LogP contribution is 2.42. The van der Waals surface area contributed by atoms with Gasteiger partial charge >= 0.3 is 0 Å². The molecule has 0 radical (unpaired) electrons. The number of anilines is 1. The third kappa shape index (κ3) is 3.56. The van der Waals surface area contributed by atoms with Crippen LogP contribution in [-0.4, -0.2) is 20.5 Å². The second-order valence-electron chi connectivity index (χ2n) is 7.74. The van der Waals surface area contributed by atoms with E-state index >= 15 is 0 Å². The fourth-order valence-electron chi connectivity index (χ4n) is 4.22. The van der Waals surface area contributed by atoms with Crippen molar-refractivity contribution >= 4 is 23.5 Å². The smallest absolute Gasteiger partial charge is 0.227 e. The molecule has 1 N–H and O–H groups in total. The number of fused-ring (bicyclic) bond motifs is 2. The molecule has 5 rings (SSSR count). The second kappa shape index (κ2) is 8.11. The molecule has 0 saturated heterocycles. The number of Topliss-reactive ketones (excluding diaryl/α,β-unsaturated/α-hetero) is 1. The standard InChI is InChI=1S/C24H24N4OS/c1-2-16-11-13-18(14-12-16)22-21-19(9-6-10-20(21)29)25-23-26-24(27-28(22)23)30-15-17-7-4-3-5-8-17/h3-5,7-9,11-14,21-22H,2,6,10,15H2,1H3,(H,25,26,27)/t21-,22-/m1/s1. The number of ketones is 1. The molecule has 30 heavy (non-hydrogen) atoms. The van der Waals surface area contributed by atoms with E-state index in [1.807, 2.05) is 22.9 Å². The Kier molecular flexibility index (Phi) is 5.17. The normalized spacial score (nSPS) is 20.2. The van der Waals surface area contributed by atoms with Crippen molar-refractivity contribution in [2.45, 2.75) is 43.1 Å². The number of benzene rings is 2. The van der Waals surface area contributed by atoms with Gasteiger partial charge in [0.25, 0.3) is 0 Å². The van der Waals surface area contributed by atoms with Crippen molar-refractivity contribution in [3.05, 3.63) is 83.1 Å². The molecule has 0 bridgehead atoms. The monoisotopic (exact) mass is 416 g/mol. The number of allylic oxidation sites excluding steroid dienone is 2. The first kappa shape index (κ1) is 19.1.